The molecule has 0 aliphatic heterocycles. The minimum Gasteiger partial charge on any atom is -0.383 e. The van der Waals surface area contributed by atoms with Gasteiger partial charge in [-0.1, -0.05) is 6.07 Å². The predicted octanol–water partition coefficient (Wildman–Crippen LogP) is 4.18. The Bertz CT molecular complexity index is 553. The van der Waals surface area contributed by atoms with Gasteiger partial charge in [0.15, 0.2) is 0 Å². The van der Waals surface area contributed by atoms with E-state index in [1.807, 2.05) is 0 Å². The van der Waals surface area contributed by atoms with Crippen LogP contribution in [0.4, 0.5) is 8.78 Å². The monoisotopic (exact) mass is 318 g/mol. The Balaban J connectivity index is 2.50. The maximum Gasteiger partial charge on any atom is 0.135 e. The third-order valence-corrected chi connectivity index (χ3v) is 4.02. The van der Waals surface area contributed by atoms with Crippen LogP contribution in [0.1, 0.15) is 22.8 Å². The van der Waals surface area contributed by atoms with E-state index in [0.29, 0.717) is 11.1 Å². The first-order valence-corrected chi connectivity index (χ1v) is 6.54. The lowest BCUT2D eigenvalue weighted by atomic mass is 10.0. The molecule has 0 spiro atoms. The highest BCUT2D eigenvalue weighted by atomic mass is 79.9. The third-order valence-electron chi connectivity index (χ3n) is 2.50. The second-order valence-electron chi connectivity index (χ2n) is 3.68. The molecular formula is C12H9BrF2OS. The Morgan fingerprint density at radius 2 is 2.06 bits per heavy atom. The van der Waals surface area contributed by atoms with Crippen LogP contribution >= 0.6 is 27.3 Å². The summed E-state index contributed by atoms with van der Waals surface area (Å²) < 4.78 is 28.2. The molecule has 1 aromatic heterocycles. The Morgan fingerprint density at radius 1 is 1.35 bits per heavy atom. The summed E-state index contributed by atoms with van der Waals surface area (Å²) in [6.45, 7) is 1.54. The van der Waals surface area contributed by atoms with Gasteiger partial charge in [-0.15, -0.1) is 11.3 Å². The first-order chi connectivity index (χ1) is 8.00. The molecule has 0 radical (unpaired) electrons. The third kappa shape index (κ3) is 2.41. The molecule has 90 valence electrons. The molecule has 0 amide bonds. The average Bonchev–Trinajstić information content (AvgIpc) is 2.71. The second kappa shape index (κ2) is 4.84. The van der Waals surface area contributed by atoms with Gasteiger partial charge in [-0.05, 0) is 51.5 Å². The summed E-state index contributed by atoms with van der Waals surface area (Å²) in [7, 11) is 0. The van der Waals surface area contributed by atoms with Crippen molar-refractivity contribution in [1.82, 2.24) is 0 Å². The first kappa shape index (κ1) is 12.7. The maximum atomic E-state index is 13.8. The fourth-order valence-electron chi connectivity index (χ4n) is 1.56. The van der Waals surface area contributed by atoms with Crippen molar-refractivity contribution >= 4 is 27.3 Å². The van der Waals surface area contributed by atoms with Gasteiger partial charge in [0.05, 0.1) is 9.35 Å². The van der Waals surface area contributed by atoms with Crippen LogP contribution in [-0.4, -0.2) is 5.11 Å². The molecule has 1 unspecified atom stereocenters. The van der Waals surface area contributed by atoms with Gasteiger partial charge < -0.3 is 5.11 Å². The highest BCUT2D eigenvalue weighted by molar-refractivity contribution is 9.11. The van der Waals surface area contributed by atoms with Crippen molar-refractivity contribution in [3.63, 3.8) is 0 Å². The summed E-state index contributed by atoms with van der Waals surface area (Å²) in [5.74, 6) is -1.43. The van der Waals surface area contributed by atoms with Crippen LogP contribution < -0.4 is 0 Å². The van der Waals surface area contributed by atoms with E-state index >= 15 is 0 Å². The van der Waals surface area contributed by atoms with Crippen LogP contribution in [0.3, 0.4) is 0 Å². The minimum absolute atomic E-state index is 0.296. The van der Waals surface area contributed by atoms with E-state index in [9.17, 15) is 13.9 Å². The van der Waals surface area contributed by atoms with Crippen molar-refractivity contribution in [1.29, 1.82) is 0 Å². The smallest absolute Gasteiger partial charge is 0.135 e. The van der Waals surface area contributed by atoms with E-state index in [4.69, 9.17) is 0 Å². The number of halogens is 3. The summed E-state index contributed by atoms with van der Waals surface area (Å²) in [6, 6.07) is 4.17. The molecular weight excluding hydrogens is 310 g/mol. The van der Waals surface area contributed by atoms with Crippen LogP contribution in [0.15, 0.2) is 27.4 Å². The summed E-state index contributed by atoms with van der Waals surface area (Å²) in [5, 5.41) is 11.7. The van der Waals surface area contributed by atoms with Crippen LogP contribution in [0, 0.1) is 18.6 Å². The molecule has 1 aromatic carbocycles. The lowest BCUT2D eigenvalue weighted by Crippen LogP contribution is -2.06. The highest BCUT2D eigenvalue weighted by Gasteiger charge is 2.21. The van der Waals surface area contributed by atoms with Gasteiger partial charge >= 0.3 is 0 Å². The van der Waals surface area contributed by atoms with E-state index in [0.717, 1.165) is 3.79 Å². The zero-order valence-corrected chi connectivity index (χ0v) is 11.3. The number of thiophene rings is 1. The number of hydrogen-bond acceptors (Lipinski definition) is 2. The fourth-order valence-corrected chi connectivity index (χ4v) is 2.76. The van der Waals surface area contributed by atoms with Crippen molar-refractivity contribution in [2.24, 2.45) is 0 Å². The average molecular weight is 319 g/mol. The van der Waals surface area contributed by atoms with Crippen molar-refractivity contribution in [3.8, 4) is 0 Å². The maximum absolute atomic E-state index is 13.8. The molecule has 0 saturated carbocycles. The lowest BCUT2D eigenvalue weighted by Gasteiger charge is -2.13. The zero-order chi connectivity index (χ0) is 12.6. The summed E-state index contributed by atoms with van der Waals surface area (Å²) >= 11 is 4.60. The van der Waals surface area contributed by atoms with Gasteiger partial charge in [0, 0.05) is 0 Å². The Labute approximate surface area is 110 Å². The van der Waals surface area contributed by atoms with Crippen molar-refractivity contribution < 1.29 is 13.9 Å². The quantitative estimate of drug-likeness (QED) is 0.880. The van der Waals surface area contributed by atoms with E-state index in [1.165, 1.54) is 30.4 Å². The molecule has 0 aliphatic carbocycles. The fraction of sp³-hybridized carbons (Fsp3) is 0.167. The van der Waals surface area contributed by atoms with E-state index in [1.54, 1.807) is 11.4 Å². The van der Waals surface area contributed by atoms with Gasteiger partial charge in [-0.2, -0.15) is 0 Å². The van der Waals surface area contributed by atoms with Gasteiger partial charge in [-0.25, -0.2) is 8.78 Å². The molecule has 0 bridgehead atoms. The topological polar surface area (TPSA) is 20.2 Å². The van der Waals surface area contributed by atoms with Gasteiger partial charge in [0.25, 0.3) is 0 Å². The molecule has 1 N–H and O–H groups in total. The van der Waals surface area contributed by atoms with Crippen LogP contribution in [0.2, 0.25) is 0 Å². The SMILES string of the molecule is Cc1ccc(F)c(C(O)c2csc(Br)c2)c1F. The van der Waals surface area contributed by atoms with E-state index in [-0.39, 0.29) is 5.56 Å². The molecule has 2 rings (SSSR count). The van der Waals surface area contributed by atoms with Gasteiger partial charge in [0.1, 0.15) is 17.7 Å². The number of aliphatic hydroxyl groups is 1. The summed E-state index contributed by atoms with van der Waals surface area (Å²) in [4.78, 5) is 0. The molecule has 0 aliphatic rings. The molecule has 1 heterocycles. The Morgan fingerprint density at radius 3 is 2.65 bits per heavy atom. The number of benzene rings is 1. The van der Waals surface area contributed by atoms with Crippen molar-refractivity contribution in [2.45, 2.75) is 13.0 Å². The normalized spacial score (nSPS) is 12.8. The van der Waals surface area contributed by atoms with Crippen LogP contribution in [-0.2, 0) is 0 Å². The van der Waals surface area contributed by atoms with Crippen LogP contribution in [0.25, 0.3) is 0 Å². The molecule has 1 nitrogen and oxygen atoms in total. The van der Waals surface area contributed by atoms with E-state index in [2.05, 4.69) is 15.9 Å². The number of rotatable bonds is 2. The molecule has 5 heteroatoms. The minimum atomic E-state index is -1.28. The standard InChI is InChI=1S/C12H9BrF2OS/c1-6-2-3-8(14)10(11(6)15)12(16)7-4-9(13)17-5-7/h2-5,12,16H,1H3. The first-order valence-electron chi connectivity index (χ1n) is 4.87. The lowest BCUT2D eigenvalue weighted by molar-refractivity contribution is 0.209. The van der Waals surface area contributed by atoms with E-state index < -0.39 is 17.7 Å². The molecule has 2 aromatic rings. The largest absolute Gasteiger partial charge is 0.383 e. The van der Waals surface area contributed by atoms with Crippen molar-refractivity contribution in [3.05, 3.63) is 55.7 Å². The van der Waals surface area contributed by atoms with Gasteiger partial charge in [-0.3, -0.25) is 0 Å². The highest BCUT2D eigenvalue weighted by Crippen LogP contribution is 2.32. The summed E-state index contributed by atoms with van der Waals surface area (Å²) in [5.41, 5.74) is 0.496. The molecule has 17 heavy (non-hydrogen) atoms. The number of aliphatic hydroxyl groups excluding tert-OH is 1. The second-order valence-corrected chi connectivity index (χ2v) is 5.97. The predicted molar refractivity (Wildman–Crippen MR) is 67.2 cm³/mol. The molecule has 1 atom stereocenters. The van der Waals surface area contributed by atoms with Crippen molar-refractivity contribution in [2.75, 3.05) is 0 Å². The number of hydrogen-bond donors (Lipinski definition) is 1. The molecule has 0 saturated heterocycles. The Kier molecular flexibility index (Phi) is 3.61. The van der Waals surface area contributed by atoms with Gasteiger partial charge in [0.2, 0.25) is 0 Å². The molecule has 0 fully saturated rings. The zero-order valence-electron chi connectivity index (χ0n) is 8.88. The van der Waals surface area contributed by atoms with Crippen LogP contribution in [0.5, 0.6) is 0 Å². The Hall–Kier alpha value is -0.780. The number of aryl methyl sites for hydroxylation is 1. The summed E-state index contributed by atoms with van der Waals surface area (Å²) in [6.07, 6.45) is -1.28.